The molecule has 6 nitrogen and oxygen atoms in total. The number of rotatable bonds is 5. The van der Waals surface area contributed by atoms with Crippen LogP contribution in [0.15, 0.2) is 36.4 Å². The third-order valence-corrected chi connectivity index (χ3v) is 3.30. The molecule has 2 rings (SSSR count). The summed E-state index contributed by atoms with van der Waals surface area (Å²) in [4.78, 5) is 22.2. The molecule has 0 aliphatic carbocycles. The average Bonchev–Trinajstić information content (AvgIpc) is 2.53. The molecule has 0 atom stereocenters. The van der Waals surface area contributed by atoms with Crippen LogP contribution in [0.3, 0.4) is 0 Å². The van der Waals surface area contributed by atoms with Crippen molar-refractivity contribution in [3.63, 3.8) is 0 Å². The van der Waals surface area contributed by atoms with E-state index in [1.165, 1.54) is 27.2 Å². The Labute approximate surface area is 127 Å². The molecule has 2 aromatic carbocycles. The van der Waals surface area contributed by atoms with Gasteiger partial charge in [-0.15, -0.1) is 0 Å². The van der Waals surface area contributed by atoms with Gasteiger partial charge in [-0.3, -0.25) is 14.9 Å². The zero-order valence-corrected chi connectivity index (χ0v) is 12.5. The number of methoxy groups -OCH3 is 2. The lowest BCUT2D eigenvalue weighted by atomic mass is 9.99. The van der Waals surface area contributed by atoms with E-state index in [1.807, 2.05) is 0 Å². The first-order valence-corrected chi connectivity index (χ1v) is 6.49. The van der Waals surface area contributed by atoms with Gasteiger partial charge in [-0.1, -0.05) is 6.07 Å². The van der Waals surface area contributed by atoms with E-state index < -0.39 is 4.92 Å². The van der Waals surface area contributed by atoms with Crippen molar-refractivity contribution in [1.82, 2.24) is 0 Å². The number of ether oxygens (including phenoxy) is 2. The molecule has 0 aromatic heterocycles. The van der Waals surface area contributed by atoms with E-state index in [0.29, 0.717) is 28.2 Å². The van der Waals surface area contributed by atoms with Crippen molar-refractivity contribution in [3.05, 3.63) is 52.1 Å². The van der Waals surface area contributed by atoms with Crippen LogP contribution in [0.5, 0.6) is 11.5 Å². The van der Waals surface area contributed by atoms with E-state index in [2.05, 4.69) is 0 Å². The second-order valence-corrected chi connectivity index (χ2v) is 4.61. The van der Waals surface area contributed by atoms with Crippen LogP contribution in [0.25, 0.3) is 11.1 Å². The summed E-state index contributed by atoms with van der Waals surface area (Å²) >= 11 is 0. The quantitative estimate of drug-likeness (QED) is 0.480. The number of nitro groups is 1. The van der Waals surface area contributed by atoms with Gasteiger partial charge in [-0.25, -0.2) is 0 Å². The molecule has 0 amide bonds. The Balaban J connectivity index is 2.66. The third kappa shape index (κ3) is 2.90. The van der Waals surface area contributed by atoms with Gasteiger partial charge in [0.15, 0.2) is 5.78 Å². The molecule has 0 unspecified atom stereocenters. The molecule has 0 aliphatic rings. The SMILES string of the molecule is COc1ccc(-c2ccc(C(C)=O)cc2[N+](=O)[O-])c(OC)c1. The fourth-order valence-electron chi connectivity index (χ4n) is 2.15. The molecule has 2 aromatic rings. The molecule has 0 spiro atoms. The Kier molecular flexibility index (Phi) is 4.41. The van der Waals surface area contributed by atoms with Gasteiger partial charge in [0.1, 0.15) is 11.5 Å². The predicted octanol–water partition coefficient (Wildman–Crippen LogP) is 3.48. The van der Waals surface area contributed by atoms with Crippen LogP contribution in [0.4, 0.5) is 5.69 Å². The standard InChI is InChI=1S/C16H15NO5/c1-10(18)11-4-6-13(15(8-11)17(19)20)14-7-5-12(21-2)9-16(14)22-3/h4-9H,1-3H3. The first-order valence-electron chi connectivity index (χ1n) is 6.49. The highest BCUT2D eigenvalue weighted by atomic mass is 16.6. The van der Waals surface area contributed by atoms with Crippen LogP contribution in [-0.2, 0) is 0 Å². The number of Topliss-reactive ketones (excluding diaryl/α,β-unsaturated/α-hetero) is 1. The van der Waals surface area contributed by atoms with Gasteiger partial charge in [-0.05, 0) is 25.1 Å². The number of carbonyl (C=O) groups excluding carboxylic acids is 1. The van der Waals surface area contributed by atoms with Crippen LogP contribution in [0, 0.1) is 10.1 Å². The van der Waals surface area contributed by atoms with Crippen LogP contribution in [-0.4, -0.2) is 24.9 Å². The fourth-order valence-corrected chi connectivity index (χ4v) is 2.15. The Morgan fingerprint density at radius 1 is 1.05 bits per heavy atom. The molecule has 0 N–H and O–H groups in total. The van der Waals surface area contributed by atoms with Gasteiger partial charge in [0.2, 0.25) is 0 Å². The van der Waals surface area contributed by atoms with Gasteiger partial charge < -0.3 is 9.47 Å². The van der Waals surface area contributed by atoms with Crippen LogP contribution >= 0.6 is 0 Å². The van der Waals surface area contributed by atoms with Gasteiger partial charge in [0, 0.05) is 23.3 Å². The van der Waals surface area contributed by atoms with E-state index in [9.17, 15) is 14.9 Å². The highest BCUT2D eigenvalue weighted by Gasteiger charge is 2.20. The minimum absolute atomic E-state index is 0.142. The predicted molar refractivity (Wildman–Crippen MR) is 81.6 cm³/mol. The van der Waals surface area contributed by atoms with E-state index >= 15 is 0 Å². The number of carbonyl (C=O) groups is 1. The minimum Gasteiger partial charge on any atom is -0.497 e. The zero-order valence-electron chi connectivity index (χ0n) is 12.5. The van der Waals surface area contributed by atoms with Crippen molar-refractivity contribution in [1.29, 1.82) is 0 Å². The van der Waals surface area contributed by atoms with Gasteiger partial charge in [-0.2, -0.15) is 0 Å². The van der Waals surface area contributed by atoms with Gasteiger partial charge in [0.05, 0.1) is 24.7 Å². The van der Waals surface area contributed by atoms with Crippen molar-refractivity contribution < 1.29 is 19.2 Å². The first kappa shape index (κ1) is 15.5. The summed E-state index contributed by atoms with van der Waals surface area (Å²) in [5.41, 5.74) is 1.10. The summed E-state index contributed by atoms with van der Waals surface area (Å²) in [6.45, 7) is 1.37. The van der Waals surface area contributed by atoms with Crippen molar-refractivity contribution in [2.24, 2.45) is 0 Å². The monoisotopic (exact) mass is 301 g/mol. The van der Waals surface area contributed by atoms with Crippen LogP contribution in [0.2, 0.25) is 0 Å². The van der Waals surface area contributed by atoms with E-state index in [4.69, 9.17) is 9.47 Å². The molecule has 6 heteroatoms. The number of ketones is 1. The van der Waals surface area contributed by atoms with Gasteiger partial charge in [0.25, 0.3) is 5.69 Å². The number of benzene rings is 2. The summed E-state index contributed by atoms with van der Waals surface area (Å²) in [6, 6.07) is 9.43. The van der Waals surface area contributed by atoms with Crippen molar-refractivity contribution in [3.8, 4) is 22.6 Å². The molecule has 0 saturated heterocycles. The molecule has 0 aliphatic heterocycles. The normalized spacial score (nSPS) is 10.1. The largest absolute Gasteiger partial charge is 0.497 e. The molecule has 0 saturated carbocycles. The first-order chi connectivity index (χ1) is 10.5. The Morgan fingerprint density at radius 2 is 1.73 bits per heavy atom. The Morgan fingerprint density at radius 3 is 2.27 bits per heavy atom. The number of hydrogen-bond donors (Lipinski definition) is 0. The molecule has 0 heterocycles. The molecule has 114 valence electrons. The zero-order chi connectivity index (χ0) is 16.3. The molecule has 0 fully saturated rings. The van der Waals surface area contributed by atoms with E-state index in [0.717, 1.165) is 0 Å². The summed E-state index contributed by atoms with van der Waals surface area (Å²) in [6.07, 6.45) is 0. The molecule has 22 heavy (non-hydrogen) atoms. The molecular weight excluding hydrogens is 286 g/mol. The lowest BCUT2D eigenvalue weighted by Gasteiger charge is -2.11. The van der Waals surface area contributed by atoms with Crippen molar-refractivity contribution in [2.45, 2.75) is 6.92 Å². The van der Waals surface area contributed by atoms with Crippen molar-refractivity contribution in [2.75, 3.05) is 14.2 Å². The minimum atomic E-state index is -0.508. The smallest absolute Gasteiger partial charge is 0.278 e. The number of nitro benzene ring substituents is 1. The summed E-state index contributed by atoms with van der Waals surface area (Å²) in [7, 11) is 3.01. The van der Waals surface area contributed by atoms with Crippen molar-refractivity contribution >= 4 is 11.5 Å². The summed E-state index contributed by atoms with van der Waals surface area (Å²) in [5, 5.41) is 11.3. The number of hydrogen-bond acceptors (Lipinski definition) is 5. The summed E-state index contributed by atoms with van der Waals surface area (Å²) < 4.78 is 10.4. The van der Waals surface area contributed by atoms with Gasteiger partial charge >= 0.3 is 0 Å². The molecule has 0 bridgehead atoms. The maximum Gasteiger partial charge on any atom is 0.278 e. The fraction of sp³-hybridized carbons (Fsp3) is 0.188. The van der Waals surface area contributed by atoms with Crippen LogP contribution in [0.1, 0.15) is 17.3 Å². The maximum atomic E-state index is 11.4. The number of nitrogens with zero attached hydrogens (tertiary/aromatic N) is 1. The lowest BCUT2D eigenvalue weighted by Crippen LogP contribution is -1.99. The highest BCUT2D eigenvalue weighted by Crippen LogP contribution is 2.38. The second-order valence-electron chi connectivity index (χ2n) is 4.61. The molecule has 0 radical (unpaired) electrons. The highest BCUT2D eigenvalue weighted by molar-refractivity contribution is 5.96. The Bertz CT molecular complexity index is 739. The average molecular weight is 301 g/mol. The topological polar surface area (TPSA) is 78.7 Å². The second kappa shape index (κ2) is 6.26. The third-order valence-electron chi connectivity index (χ3n) is 3.30. The lowest BCUT2D eigenvalue weighted by molar-refractivity contribution is -0.384. The summed E-state index contributed by atoms with van der Waals surface area (Å²) in [5.74, 6) is 0.818. The van der Waals surface area contributed by atoms with E-state index in [-0.39, 0.29) is 11.5 Å². The van der Waals surface area contributed by atoms with Crippen LogP contribution < -0.4 is 9.47 Å². The Hall–Kier alpha value is -2.89. The van der Waals surface area contributed by atoms with E-state index in [1.54, 1.807) is 30.3 Å². The maximum absolute atomic E-state index is 11.4. The molecular formula is C16H15NO5.